The molecular formula is C30H31NO8. The molecular weight excluding hydrogens is 502 g/mol. The van der Waals surface area contributed by atoms with Crippen molar-refractivity contribution in [3.8, 4) is 0 Å². The summed E-state index contributed by atoms with van der Waals surface area (Å²) in [6.07, 6.45) is -3.95. The molecule has 0 spiro atoms. The fraction of sp³-hybridized carbons (Fsp3) is 0.333. The summed E-state index contributed by atoms with van der Waals surface area (Å²) < 4.78 is 12.7. The van der Waals surface area contributed by atoms with Crippen molar-refractivity contribution in [2.24, 2.45) is 0 Å². The van der Waals surface area contributed by atoms with Gasteiger partial charge in [-0.15, -0.1) is 0 Å². The van der Waals surface area contributed by atoms with Gasteiger partial charge in [-0.3, -0.25) is 4.79 Å². The van der Waals surface area contributed by atoms with Crippen LogP contribution in [-0.4, -0.2) is 74.1 Å². The molecule has 9 nitrogen and oxygen atoms in total. The molecule has 0 aliphatic carbocycles. The molecule has 1 aliphatic heterocycles. The molecule has 0 bridgehead atoms. The van der Waals surface area contributed by atoms with Gasteiger partial charge in [-0.2, -0.15) is 0 Å². The highest BCUT2D eigenvalue weighted by atomic mass is 16.7. The van der Waals surface area contributed by atoms with Crippen LogP contribution in [0, 0.1) is 0 Å². The molecule has 39 heavy (non-hydrogen) atoms. The van der Waals surface area contributed by atoms with Crippen LogP contribution >= 0.6 is 0 Å². The monoisotopic (exact) mass is 533 g/mol. The molecule has 0 amide bonds. The largest absolute Gasteiger partial charge is 0.479 e. The number of ketones is 1. The molecule has 4 N–H and O–H groups in total. The number of hydrogen-bond donors (Lipinski definition) is 4. The van der Waals surface area contributed by atoms with Crippen molar-refractivity contribution < 1.29 is 39.5 Å². The van der Waals surface area contributed by atoms with E-state index in [0.717, 1.165) is 34.5 Å². The maximum atomic E-state index is 13.7. The Bertz CT molecular complexity index is 1480. The van der Waals surface area contributed by atoms with Crippen molar-refractivity contribution in [1.82, 2.24) is 4.57 Å². The first-order valence-electron chi connectivity index (χ1n) is 13.0. The molecule has 1 saturated heterocycles. The number of ether oxygens (including phenoxy) is 2. The molecule has 1 aliphatic rings. The summed E-state index contributed by atoms with van der Waals surface area (Å²) in [5.74, 6) is -1.47. The lowest BCUT2D eigenvalue weighted by molar-refractivity contribution is -0.294. The molecule has 9 heteroatoms. The van der Waals surface area contributed by atoms with Gasteiger partial charge in [0.25, 0.3) is 0 Å². The number of hydrogen-bond acceptors (Lipinski definition) is 7. The molecule has 0 saturated carbocycles. The second kappa shape index (κ2) is 11.6. The van der Waals surface area contributed by atoms with E-state index in [2.05, 4.69) is 4.57 Å². The SMILES string of the molecule is O=C(c1cccc2ccccc12)c1cn(CCCCCOC2OC(C(=O)O)C(O)C(O)C2O)c2ccccc12. The summed E-state index contributed by atoms with van der Waals surface area (Å²) in [6, 6.07) is 21.4. The lowest BCUT2D eigenvalue weighted by atomic mass is 9.97. The first-order valence-corrected chi connectivity index (χ1v) is 13.0. The fourth-order valence-electron chi connectivity index (χ4n) is 5.13. The Morgan fingerprint density at radius 3 is 2.31 bits per heavy atom. The summed E-state index contributed by atoms with van der Waals surface area (Å²) in [7, 11) is 0. The van der Waals surface area contributed by atoms with Crippen molar-refractivity contribution in [3.05, 3.63) is 84.1 Å². The number of benzene rings is 3. The zero-order valence-electron chi connectivity index (χ0n) is 21.2. The summed E-state index contributed by atoms with van der Waals surface area (Å²) >= 11 is 0. The van der Waals surface area contributed by atoms with Crippen molar-refractivity contribution in [2.75, 3.05) is 6.61 Å². The van der Waals surface area contributed by atoms with Crippen LogP contribution in [0.3, 0.4) is 0 Å². The number of carboxylic acid groups (broad SMARTS) is 1. The highest BCUT2D eigenvalue weighted by molar-refractivity contribution is 6.21. The number of fused-ring (bicyclic) bond motifs is 2. The summed E-state index contributed by atoms with van der Waals surface area (Å²) in [5.41, 5.74) is 2.30. The average Bonchev–Trinajstić information content (AvgIpc) is 3.32. The van der Waals surface area contributed by atoms with Crippen molar-refractivity contribution >= 4 is 33.4 Å². The molecule has 3 aromatic carbocycles. The zero-order chi connectivity index (χ0) is 27.5. The van der Waals surface area contributed by atoms with Crippen LogP contribution in [0.25, 0.3) is 21.7 Å². The van der Waals surface area contributed by atoms with Crippen molar-refractivity contribution in [2.45, 2.75) is 56.5 Å². The third kappa shape index (κ3) is 5.45. The van der Waals surface area contributed by atoms with Crippen molar-refractivity contribution in [3.63, 3.8) is 0 Å². The number of aromatic nitrogens is 1. The minimum Gasteiger partial charge on any atom is -0.479 e. The smallest absolute Gasteiger partial charge is 0.335 e. The van der Waals surface area contributed by atoms with E-state index in [4.69, 9.17) is 14.6 Å². The minimum absolute atomic E-state index is 0.0202. The maximum Gasteiger partial charge on any atom is 0.335 e. The number of para-hydroxylation sites is 1. The second-order valence-electron chi connectivity index (χ2n) is 9.78. The number of carboxylic acids is 1. The predicted octanol–water partition coefficient (Wildman–Crippen LogP) is 3.10. The van der Waals surface area contributed by atoms with Crippen molar-refractivity contribution in [1.29, 1.82) is 0 Å². The number of carbonyl (C=O) groups is 2. The number of aryl methyl sites for hydroxylation is 1. The standard InChI is InChI=1S/C30H31NO8/c32-24(21-13-8-10-18-9-2-3-11-19(18)21)22-17-31(23-14-5-4-12-20(22)23)15-6-1-7-16-38-30-27(35)25(33)26(34)28(39-30)29(36)37/h2-5,8-14,17,25-28,30,33-35H,1,6-7,15-16H2,(H,36,37). The molecule has 5 rings (SSSR count). The van der Waals surface area contributed by atoms with E-state index >= 15 is 0 Å². The third-order valence-corrected chi connectivity index (χ3v) is 7.21. The van der Waals surface area contributed by atoms with E-state index in [-0.39, 0.29) is 12.4 Å². The van der Waals surface area contributed by atoms with Crippen LogP contribution in [0.1, 0.15) is 35.2 Å². The summed E-state index contributed by atoms with van der Waals surface area (Å²) in [5, 5.41) is 41.7. The highest BCUT2D eigenvalue weighted by Gasteiger charge is 2.47. The molecule has 5 atom stereocenters. The topological polar surface area (TPSA) is 138 Å². The van der Waals surface area contributed by atoms with Crippen LogP contribution < -0.4 is 0 Å². The number of aliphatic hydroxyl groups excluding tert-OH is 3. The lowest BCUT2D eigenvalue weighted by Gasteiger charge is -2.38. The van der Waals surface area contributed by atoms with Gasteiger partial charge in [-0.25, -0.2) is 4.79 Å². The van der Waals surface area contributed by atoms with E-state index in [1.807, 2.05) is 72.9 Å². The van der Waals surface area contributed by atoms with Gasteiger partial charge in [0.1, 0.15) is 18.3 Å². The van der Waals surface area contributed by atoms with E-state index in [0.29, 0.717) is 24.1 Å². The van der Waals surface area contributed by atoms with Gasteiger partial charge in [0.15, 0.2) is 18.2 Å². The molecule has 1 fully saturated rings. The Morgan fingerprint density at radius 1 is 0.795 bits per heavy atom. The highest BCUT2D eigenvalue weighted by Crippen LogP contribution is 2.28. The third-order valence-electron chi connectivity index (χ3n) is 7.21. The van der Waals surface area contributed by atoms with E-state index in [1.165, 1.54) is 0 Å². The van der Waals surface area contributed by atoms with Crippen LogP contribution in [0.15, 0.2) is 72.9 Å². The Labute approximate surface area is 224 Å². The molecule has 204 valence electrons. The number of aliphatic hydroxyl groups is 3. The summed E-state index contributed by atoms with van der Waals surface area (Å²) in [6.45, 7) is 0.853. The number of carbonyl (C=O) groups excluding carboxylic acids is 1. The normalized spacial score (nSPS) is 23.3. The van der Waals surface area contributed by atoms with Crippen LogP contribution in [0.4, 0.5) is 0 Å². The Hall–Kier alpha value is -3.60. The molecule has 0 radical (unpaired) electrons. The average molecular weight is 534 g/mol. The van der Waals surface area contributed by atoms with Gasteiger partial charge in [0, 0.05) is 41.4 Å². The Balaban J connectivity index is 1.21. The Kier molecular flexibility index (Phi) is 8.06. The lowest BCUT2D eigenvalue weighted by Crippen LogP contribution is -2.60. The first kappa shape index (κ1) is 27.0. The molecule has 5 unspecified atom stereocenters. The number of unbranched alkanes of at least 4 members (excludes halogenated alkanes) is 2. The fourth-order valence-corrected chi connectivity index (χ4v) is 5.13. The van der Waals surface area contributed by atoms with Gasteiger partial charge in [-0.05, 0) is 36.1 Å². The zero-order valence-corrected chi connectivity index (χ0v) is 21.2. The summed E-state index contributed by atoms with van der Waals surface area (Å²) in [4.78, 5) is 24.9. The van der Waals surface area contributed by atoms with Gasteiger partial charge < -0.3 is 34.5 Å². The van der Waals surface area contributed by atoms with Gasteiger partial charge in [0.05, 0.1) is 0 Å². The van der Waals surface area contributed by atoms with Gasteiger partial charge >= 0.3 is 5.97 Å². The van der Waals surface area contributed by atoms with E-state index < -0.39 is 36.7 Å². The quantitative estimate of drug-likeness (QED) is 0.180. The van der Waals surface area contributed by atoms with Gasteiger partial charge in [0.2, 0.25) is 0 Å². The molecule has 1 aromatic heterocycles. The van der Waals surface area contributed by atoms with Crippen LogP contribution in [-0.2, 0) is 20.8 Å². The molecule has 4 aromatic rings. The van der Waals surface area contributed by atoms with E-state index in [1.54, 1.807) is 0 Å². The van der Waals surface area contributed by atoms with Crippen LogP contribution in [0.5, 0.6) is 0 Å². The minimum atomic E-state index is -1.74. The first-order chi connectivity index (χ1) is 18.9. The molecule has 2 heterocycles. The van der Waals surface area contributed by atoms with E-state index in [9.17, 15) is 24.9 Å². The van der Waals surface area contributed by atoms with Gasteiger partial charge in [-0.1, -0.05) is 60.7 Å². The van der Waals surface area contributed by atoms with Crippen LogP contribution in [0.2, 0.25) is 0 Å². The second-order valence-corrected chi connectivity index (χ2v) is 9.78. The maximum absolute atomic E-state index is 13.7. The number of aliphatic carboxylic acids is 1. The number of nitrogens with zero attached hydrogens (tertiary/aromatic N) is 1. The number of rotatable bonds is 10. The Morgan fingerprint density at radius 2 is 1.51 bits per heavy atom. The predicted molar refractivity (Wildman–Crippen MR) is 143 cm³/mol.